The molecule has 3 heteroatoms. The van der Waals surface area contributed by atoms with Gasteiger partial charge in [-0.3, -0.25) is 4.99 Å². The molecule has 0 spiro atoms. The Bertz CT molecular complexity index is 732. The lowest BCUT2D eigenvalue weighted by atomic mass is 9.96. The number of hydrogen-bond acceptors (Lipinski definition) is 2. The molecule has 0 radical (unpaired) electrons. The molecular weight excluding hydrogens is 306 g/mol. The van der Waals surface area contributed by atoms with Gasteiger partial charge in [0.05, 0.1) is 12.3 Å². The van der Waals surface area contributed by atoms with Crippen LogP contribution in [-0.2, 0) is 6.42 Å². The minimum Gasteiger partial charge on any atom is -0.494 e. The first kappa shape index (κ1) is 15.8. The Balaban J connectivity index is 1.80. The molecule has 23 heavy (non-hydrogen) atoms. The summed E-state index contributed by atoms with van der Waals surface area (Å²) < 4.78 is 5.73. The molecule has 0 bridgehead atoms. The molecule has 0 amide bonds. The van der Waals surface area contributed by atoms with Crippen LogP contribution in [0, 0.1) is 0 Å². The third-order valence-corrected chi connectivity index (χ3v) is 4.04. The van der Waals surface area contributed by atoms with Gasteiger partial charge in [0, 0.05) is 17.1 Å². The van der Waals surface area contributed by atoms with Crippen molar-refractivity contribution in [2.45, 2.75) is 19.8 Å². The van der Waals surface area contributed by atoms with E-state index in [4.69, 9.17) is 16.3 Å². The first-order valence-electron chi connectivity index (χ1n) is 8.00. The van der Waals surface area contributed by atoms with Crippen LogP contribution in [-0.4, -0.2) is 18.9 Å². The Morgan fingerprint density at radius 3 is 2.74 bits per heavy atom. The van der Waals surface area contributed by atoms with Gasteiger partial charge in [0.1, 0.15) is 5.75 Å². The zero-order chi connectivity index (χ0) is 16.1. The number of benzene rings is 2. The van der Waals surface area contributed by atoms with E-state index in [0.717, 1.165) is 48.0 Å². The van der Waals surface area contributed by atoms with Crippen LogP contribution >= 0.6 is 11.6 Å². The third kappa shape index (κ3) is 4.02. The van der Waals surface area contributed by atoms with Gasteiger partial charge in [-0.1, -0.05) is 36.7 Å². The highest BCUT2D eigenvalue weighted by Crippen LogP contribution is 2.23. The maximum atomic E-state index is 5.92. The summed E-state index contributed by atoms with van der Waals surface area (Å²) >= 11 is 5.92. The summed E-state index contributed by atoms with van der Waals surface area (Å²) in [5.74, 6) is 0.952. The minimum atomic E-state index is 0.752. The molecule has 0 saturated carbocycles. The van der Waals surface area contributed by atoms with E-state index >= 15 is 0 Å². The number of rotatable bonds is 5. The standard InChI is InChI=1S/C20H20ClNO/c1-2-13-23-18-8-9-19-16(14-18)11-12-22-20(19)10-5-15-3-6-17(21)7-4-15/h3-10,14H,2,11-13H2,1H3. The smallest absolute Gasteiger partial charge is 0.119 e. The summed E-state index contributed by atoms with van der Waals surface area (Å²) in [4.78, 5) is 4.66. The lowest BCUT2D eigenvalue weighted by Gasteiger charge is -2.16. The summed E-state index contributed by atoms with van der Waals surface area (Å²) in [7, 11) is 0. The van der Waals surface area contributed by atoms with Crippen molar-refractivity contribution in [3.8, 4) is 5.75 Å². The fourth-order valence-corrected chi connectivity index (χ4v) is 2.74. The molecule has 0 unspecified atom stereocenters. The van der Waals surface area contributed by atoms with E-state index in [-0.39, 0.29) is 0 Å². The highest BCUT2D eigenvalue weighted by Gasteiger charge is 2.13. The number of ether oxygens (including phenoxy) is 1. The molecule has 0 fully saturated rings. The lowest BCUT2D eigenvalue weighted by Crippen LogP contribution is -2.11. The van der Waals surface area contributed by atoms with Crippen molar-refractivity contribution in [3.63, 3.8) is 0 Å². The molecule has 0 atom stereocenters. The maximum Gasteiger partial charge on any atom is 0.119 e. The SMILES string of the molecule is CCCOc1ccc2c(c1)CCN=C2C=Cc1ccc(Cl)cc1. The molecule has 2 aromatic rings. The largest absolute Gasteiger partial charge is 0.494 e. The summed E-state index contributed by atoms with van der Waals surface area (Å²) in [6, 6.07) is 14.1. The zero-order valence-electron chi connectivity index (χ0n) is 13.3. The fraction of sp³-hybridized carbons (Fsp3) is 0.250. The minimum absolute atomic E-state index is 0.752. The Morgan fingerprint density at radius 1 is 1.13 bits per heavy atom. The zero-order valence-corrected chi connectivity index (χ0v) is 14.0. The Kier molecular flexibility index (Phi) is 5.14. The van der Waals surface area contributed by atoms with Gasteiger partial charge in [0.2, 0.25) is 0 Å². The Morgan fingerprint density at radius 2 is 1.96 bits per heavy atom. The first-order valence-corrected chi connectivity index (χ1v) is 8.38. The summed E-state index contributed by atoms with van der Waals surface area (Å²) in [6.07, 6.45) is 6.14. The van der Waals surface area contributed by atoms with Crippen molar-refractivity contribution in [2.75, 3.05) is 13.2 Å². The van der Waals surface area contributed by atoms with E-state index in [9.17, 15) is 0 Å². The fourth-order valence-electron chi connectivity index (χ4n) is 2.61. The Hall–Kier alpha value is -2.06. The maximum absolute atomic E-state index is 5.92. The lowest BCUT2D eigenvalue weighted by molar-refractivity contribution is 0.317. The van der Waals surface area contributed by atoms with Gasteiger partial charge < -0.3 is 4.74 Å². The number of halogens is 1. The molecular formula is C20H20ClNO. The van der Waals surface area contributed by atoms with E-state index in [0.29, 0.717) is 0 Å². The molecule has 0 aromatic heterocycles. The van der Waals surface area contributed by atoms with Crippen LogP contribution < -0.4 is 4.74 Å². The van der Waals surface area contributed by atoms with Crippen LogP contribution in [0.1, 0.15) is 30.0 Å². The highest BCUT2D eigenvalue weighted by molar-refractivity contribution is 6.30. The van der Waals surface area contributed by atoms with Gasteiger partial charge in [-0.15, -0.1) is 0 Å². The van der Waals surface area contributed by atoms with Crippen LogP contribution in [0.4, 0.5) is 0 Å². The number of fused-ring (bicyclic) bond motifs is 1. The number of hydrogen-bond donors (Lipinski definition) is 0. The van der Waals surface area contributed by atoms with E-state index in [1.807, 2.05) is 30.3 Å². The van der Waals surface area contributed by atoms with Crippen molar-refractivity contribution >= 4 is 23.4 Å². The van der Waals surface area contributed by atoms with E-state index in [2.05, 4.69) is 36.2 Å². The van der Waals surface area contributed by atoms with Gasteiger partial charge in [-0.2, -0.15) is 0 Å². The highest BCUT2D eigenvalue weighted by atomic mass is 35.5. The van der Waals surface area contributed by atoms with Crippen molar-refractivity contribution < 1.29 is 4.74 Å². The number of nitrogens with zero attached hydrogens (tertiary/aromatic N) is 1. The summed E-state index contributed by atoms with van der Waals surface area (Å²) in [6.45, 7) is 3.70. The molecule has 3 rings (SSSR count). The quantitative estimate of drug-likeness (QED) is 0.741. The molecule has 0 aliphatic carbocycles. The van der Waals surface area contributed by atoms with Gasteiger partial charge in [-0.25, -0.2) is 0 Å². The molecule has 1 aliphatic rings. The second-order valence-electron chi connectivity index (χ2n) is 5.57. The predicted octanol–water partition coefficient (Wildman–Crippen LogP) is 5.19. The van der Waals surface area contributed by atoms with Crippen molar-refractivity contribution in [1.29, 1.82) is 0 Å². The average molecular weight is 326 g/mol. The second kappa shape index (κ2) is 7.47. The van der Waals surface area contributed by atoms with Gasteiger partial charge in [0.15, 0.2) is 0 Å². The topological polar surface area (TPSA) is 21.6 Å². The van der Waals surface area contributed by atoms with Gasteiger partial charge >= 0.3 is 0 Å². The van der Waals surface area contributed by atoms with Crippen LogP contribution in [0.15, 0.2) is 53.5 Å². The molecule has 2 aromatic carbocycles. The molecule has 2 nitrogen and oxygen atoms in total. The first-order chi connectivity index (χ1) is 11.3. The molecule has 0 N–H and O–H groups in total. The normalized spacial score (nSPS) is 13.7. The molecule has 118 valence electrons. The predicted molar refractivity (Wildman–Crippen MR) is 97.8 cm³/mol. The van der Waals surface area contributed by atoms with Crippen molar-refractivity contribution in [2.24, 2.45) is 4.99 Å². The van der Waals surface area contributed by atoms with Crippen molar-refractivity contribution in [3.05, 3.63) is 70.3 Å². The molecule has 0 saturated heterocycles. The van der Waals surface area contributed by atoms with Gasteiger partial charge in [-0.05, 0) is 60.4 Å². The van der Waals surface area contributed by atoms with Crippen LogP contribution in [0.2, 0.25) is 5.02 Å². The number of aliphatic imine (C=N–C) groups is 1. The van der Waals surface area contributed by atoms with E-state index in [1.54, 1.807) is 0 Å². The van der Waals surface area contributed by atoms with Crippen LogP contribution in [0.25, 0.3) is 6.08 Å². The van der Waals surface area contributed by atoms with E-state index < -0.39 is 0 Å². The van der Waals surface area contributed by atoms with Crippen LogP contribution in [0.3, 0.4) is 0 Å². The average Bonchev–Trinajstić information content (AvgIpc) is 2.59. The Labute approximate surface area is 142 Å². The molecule has 1 heterocycles. The molecule has 1 aliphatic heterocycles. The number of allylic oxidation sites excluding steroid dienone is 1. The third-order valence-electron chi connectivity index (χ3n) is 3.79. The van der Waals surface area contributed by atoms with E-state index in [1.165, 1.54) is 11.1 Å². The van der Waals surface area contributed by atoms with Crippen molar-refractivity contribution in [1.82, 2.24) is 0 Å². The summed E-state index contributed by atoms with van der Waals surface area (Å²) in [5, 5.41) is 0.752. The summed E-state index contributed by atoms with van der Waals surface area (Å²) in [5.41, 5.74) is 4.66. The monoisotopic (exact) mass is 325 g/mol. The van der Waals surface area contributed by atoms with Gasteiger partial charge in [0.25, 0.3) is 0 Å². The second-order valence-corrected chi connectivity index (χ2v) is 6.01. The van der Waals surface area contributed by atoms with Crippen LogP contribution in [0.5, 0.6) is 5.75 Å².